The molecule has 0 saturated heterocycles. The monoisotopic (exact) mass is 491 g/mol. The van der Waals surface area contributed by atoms with Gasteiger partial charge in [-0.3, -0.25) is 0 Å². The summed E-state index contributed by atoms with van der Waals surface area (Å²) in [5.41, 5.74) is 5.27. The molecule has 2 aromatic heterocycles. The number of aromatic nitrogens is 3. The van der Waals surface area contributed by atoms with Gasteiger partial charge >= 0.3 is 0 Å². The Morgan fingerprint density at radius 1 is 0.351 bits per heavy atom. The second-order valence-corrected chi connectivity index (χ2v) is 10.0. The van der Waals surface area contributed by atoms with Crippen LogP contribution >= 0.6 is 11.3 Å². The molecule has 0 fully saturated rings. The Morgan fingerprint density at radius 2 is 0.811 bits per heavy atom. The van der Waals surface area contributed by atoms with Gasteiger partial charge in [0, 0.05) is 36.9 Å². The van der Waals surface area contributed by atoms with Crippen LogP contribution in [-0.2, 0) is 0 Å². The molecule has 0 aliphatic carbocycles. The Labute approximate surface area is 218 Å². The van der Waals surface area contributed by atoms with Crippen molar-refractivity contribution < 1.29 is 0 Å². The maximum absolute atomic E-state index is 4.85. The third-order valence-electron chi connectivity index (χ3n) is 6.55. The molecular formula is C33H21N3S. The standard InChI is InChI=1S/C33H21N3S/c1-3-9-23(10-4-1)31-34-32(24-11-5-2-6-12-24)36-33(35-31)25-17-15-22(16-18-25)26-19-20-28-27-13-7-8-14-29(27)37-30(28)21-26/h1-21H. The van der Waals surface area contributed by atoms with E-state index in [0.717, 1.165) is 16.7 Å². The molecule has 37 heavy (non-hydrogen) atoms. The summed E-state index contributed by atoms with van der Waals surface area (Å²) in [5, 5.41) is 2.63. The molecule has 0 unspecified atom stereocenters. The Kier molecular flexibility index (Phi) is 5.30. The maximum atomic E-state index is 4.85. The molecule has 4 heteroatoms. The van der Waals surface area contributed by atoms with Crippen molar-refractivity contribution in [2.24, 2.45) is 0 Å². The van der Waals surface area contributed by atoms with Gasteiger partial charge in [0.2, 0.25) is 0 Å². The van der Waals surface area contributed by atoms with Crippen molar-refractivity contribution in [3.05, 3.63) is 127 Å². The van der Waals surface area contributed by atoms with Gasteiger partial charge in [0.15, 0.2) is 17.5 Å². The van der Waals surface area contributed by atoms with E-state index in [-0.39, 0.29) is 0 Å². The predicted octanol–water partition coefficient (Wildman–Crippen LogP) is 8.91. The molecule has 0 bridgehead atoms. The fraction of sp³-hybridized carbons (Fsp3) is 0. The molecule has 0 aliphatic heterocycles. The van der Waals surface area contributed by atoms with Gasteiger partial charge in [-0.1, -0.05) is 115 Å². The highest BCUT2D eigenvalue weighted by molar-refractivity contribution is 7.25. The van der Waals surface area contributed by atoms with Crippen molar-refractivity contribution in [1.82, 2.24) is 15.0 Å². The summed E-state index contributed by atoms with van der Waals surface area (Å²) in [6, 6.07) is 44.0. The van der Waals surface area contributed by atoms with Gasteiger partial charge in [0.25, 0.3) is 0 Å². The number of thiophene rings is 1. The lowest BCUT2D eigenvalue weighted by Gasteiger charge is -2.09. The smallest absolute Gasteiger partial charge is 0.164 e. The first kappa shape index (κ1) is 21.6. The van der Waals surface area contributed by atoms with Gasteiger partial charge < -0.3 is 0 Å². The Hall–Kier alpha value is -4.67. The lowest BCUT2D eigenvalue weighted by atomic mass is 10.0. The van der Waals surface area contributed by atoms with Crippen molar-refractivity contribution >= 4 is 31.5 Å². The molecule has 5 aromatic carbocycles. The van der Waals surface area contributed by atoms with Crippen LogP contribution in [-0.4, -0.2) is 15.0 Å². The fourth-order valence-corrected chi connectivity index (χ4v) is 5.80. The molecule has 0 radical (unpaired) electrons. The number of hydrogen-bond donors (Lipinski definition) is 0. The van der Waals surface area contributed by atoms with E-state index in [9.17, 15) is 0 Å². The summed E-state index contributed by atoms with van der Waals surface area (Å²) in [6.07, 6.45) is 0. The zero-order valence-corrected chi connectivity index (χ0v) is 20.7. The van der Waals surface area contributed by atoms with Crippen LogP contribution in [0.1, 0.15) is 0 Å². The molecule has 0 atom stereocenters. The Morgan fingerprint density at radius 3 is 1.43 bits per heavy atom. The van der Waals surface area contributed by atoms with Crippen LogP contribution in [0.2, 0.25) is 0 Å². The van der Waals surface area contributed by atoms with Crippen LogP contribution in [0.4, 0.5) is 0 Å². The minimum Gasteiger partial charge on any atom is -0.208 e. The van der Waals surface area contributed by atoms with E-state index in [1.165, 1.54) is 31.3 Å². The van der Waals surface area contributed by atoms with E-state index in [4.69, 9.17) is 15.0 Å². The Balaban J connectivity index is 1.29. The van der Waals surface area contributed by atoms with Gasteiger partial charge in [-0.2, -0.15) is 0 Å². The minimum atomic E-state index is 0.666. The number of benzene rings is 5. The molecular weight excluding hydrogens is 470 g/mol. The zero-order valence-electron chi connectivity index (χ0n) is 19.9. The average Bonchev–Trinajstić information content (AvgIpc) is 3.36. The van der Waals surface area contributed by atoms with Crippen molar-refractivity contribution in [2.75, 3.05) is 0 Å². The molecule has 7 aromatic rings. The van der Waals surface area contributed by atoms with E-state index in [0.29, 0.717) is 17.5 Å². The van der Waals surface area contributed by atoms with E-state index in [2.05, 4.69) is 66.7 Å². The molecule has 0 spiro atoms. The molecule has 7 rings (SSSR count). The molecule has 0 N–H and O–H groups in total. The van der Waals surface area contributed by atoms with Gasteiger partial charge in [0.1, 0.15) is 0 Å². The van der Waals surface area contributed by atoms with Crippen LogP contribution in [0, 0.1) is 0 Å². The second-order valence-electron chi connectivity index (χ2n) is 8.92. The van der Waals surface area contributed by atoms with Gasteiger partial charge in [-0.05, 0) is 23.3 Å². The molecule has 0 amide bonds. The van der Waals surface area contributed by atoms with E-state index >= 15 is 0 Å². The molecule has 3 nitrogen and oxygen atoms in total. The van der Waals surface area contributed by atoms with Gasteiger partial charge in [-0.25, -0.2) is 15.0 Å². The highest BCUT2D eigenvalue weighted by atomic mass is 32.1. The number of rotatable bonds is 4. The fourth-order valence-electron chi connectivity index (χ4n) is 4.65. The molecule has 174 valence electrons. The minimum absolute atomic E-state index is 0.666. The topological polar surface area (TPSA) is 38.7 Å². The number of nitrogens with zero attached hydrogens (tertiary/aromatic N) is 3. The molecule has 2 heterocycles. The third-order valence-corrected chi connectivity index (χ3v) is 7.69. The normalized spacial score (nSPS) is 11.2. The van der Waals surface area contributed by atoms with Crippen molar-refractivity contribution in [2.45, 2.75) is 0 Å². The van der Waals surface area contributed by atoms with E-state index in [1.807, 2.05) is 72.0 Å². The van der Waals surface area contributed by atoms with E-state index in [1.54, 1.807) is 0 Å². The van der Waals surface area contributed by atoms with Crippen LogP contribution in [0.25, 0.3) is 65.5 Å². The maximum Gasteiger partial charge on any atom is 0.164 e. The number of fused-ring (bicyclic) bond motifs is 3. The summed E-state index contributed by atoms with van der Waals surface area (Å²) in [7, 11) is 0. The quantitative estimate of drug-likeness (QED) is 0.247. The SMILES string of the molecule is c1ccc(-c2nc(-c3ccccc3)nc(-c3ccc(-c4ccc5c(c4)sc4ccccc45)cc3)n2)cc1. The number of hydrogen-bond acceptors (Lipinski definition) is 4. The second kappa shape index (κ2) is 9.08. The first-order valence-corrected chi connectivity index (χ1v) is 13.0. The summed E-state index contributed by atoms with van der Waals surface area (Å²) in [4.78, 5) is 14.5. The third kappa shape index (κ3) is 4.07. The summed E-state index contributed by atoms with van der Waals surface area (Å²) < 4.78 is 2.63. The van der Waals surface area contributed by atoms with Crippen LogP contribution < -0.4 is 0 Å². The van der Waals surface area contributed by atoms with Gasteiger partial charge in [-0.15, -0.1) is 11.3 Å². The summed E-state index contributed by atoms with van der Waals surface area (Å²) in [5.74, 6) is 2.01. The average molecular weight is 492 g/mol. The molecule has 0 saturated carbocycles. The highest BCUT2D eigenvalue weighted by Gasteiger charge is 2.12. The highest BCUT2D eigenvalue weighted by Crippen LogP contribution is 2.36. The predicted molar refractivity (Wildman–Crippen MR) is 154 cm³/mol. The largest absolute Gasteiger partial charge is 0.208 e. The van der Waals surface area contributed by atoms with Crippen molar-refractivity contribution in [3.8, 4) is 45.3 Å². The Bertz CT molecular complexity index is 1800. The lowest BCUT2D eigenvalue weighted by Crippen LogP contribution is -2.00. The van der Waals surface area contributed by atoms with Crippen LogP contribution in [0.15, 0.2) is 127 Å². The van der Waals surface area contributed by atoms with Crippen LogP contribution in [0.3, 0.4) is 0 Å². The van der Waals surface area contributed by atoms with Crippen LogP contribution in [0.5, 0.6) is 0 Å². The lowest BCUT2D eigenvalue weighted by molar-refractivity contribution is 1.07. The first-order chi connectivity index (χ1) is 18.3. The summed E-state index contributed by atoms with van der Waals surface area (Å²) in [6.45, 7) is 0. The first-order valence-electron chi connectivity index (χ1n) is 12.2. The van der Waals surface area contributed by atoms with Gasteiger partial charge in [0.05, 0.1) is 0 Å². The van der Waals surface area contributed by atoms with E-state index < -0.39 is 0 Å². The van der Waals surface area contributed by atoms with Crippen molar-refractivity contribution in [1.29, 1.82) is 0 Å². The van der Waals surface area contributed by atoms with Crippen molar-refractivity contribution in [3.63, 3.8) is 0 Å². The zero-order chi connectivity index (χ0) is 24.6. The summed E-state index contributed by atoms with van der Waals surface area (Å²) >= 11 is 1.84. The molecule has 0 aliphatic rings.